The standard InChI is InChI=1S/C26H26N4O4/c1-3-28-25(32)22-23(34-26(33)30(22)16-18-11-9-17(2)10-12-18)19-6-4-8-21(14-19)29-24(31)20-7-5-13-27-15-20/h4-15,22-23H,3,16H2,1-2H3,(H,28,32)(H,29,31). The summed E-state index contributed by atoms with van der Waals surface area (Å²) in [6.45, 7) is 4.48. The van der Waals surface area contributed by atoms with Gasteiger partial charge in [-0.2, -0.15) is 0 Å². The number of aromatic nitrogens is 1. The molecule has 1 fully saturated rings. The molecule has 0 radical (unpaired) electrons. The van der Waals surface area contributed by atoms with Crippen molar-refractivity contribution in [1.82, 2.24) is 15.2 Å². The number of hydrogen-bond acceptors (Lipinski definition) is 5. The van der Waals surface area contributed by atoms with E-state index in [2.05, 4.69) is 15.6 Å². The number of hydrogen-bond donors (Lipinski definition) is 2. The van der Waals surface area contributed by atoms with E-state index in [4.69, 9.17) is 4.74 Å². The van der Waals surface area contributed by atoms with E-state index in [0.29, 0.717) is 23.4 Å². The molecule has 34 heavy (non-hydrogen) atoms. The molecule has 4 rings (SSSR count). The van der Waals surface area contributed by atoms with Gasteiger partial charge < -0.3 is 15.4 Å². The van der Waals surface area contributed by atoms with Crippen LogP contribution in [0.4, 0.5) is 10.5 Å². The van der Waals surface area contributed by atoms with Gasteiger partial charge in [-0.3, -0.25) is 19.5 Å². The summed E-state index contributed by atoms with van der Waals surface area (Å²) in [5.41, 5.74) is 3.56. The van der Waals surface area contributed by atoms with Crippen LogP contribution in [0.5, 0.6) is 0 Å². The Balaban J connectivity index is 1.59. The molecule has 1 saturated heterocycles. The molecule has 0 spiro atoms. The van der Waals surface area contributed by atoms with E-state index in [1.807, 2.05) is 38.1 Å². The van der Waals surface area contributed by atoms with Crippen LogP contribution in [0.25, 0.3) is 0 Å². The van der Waals surface area contributed by atoms with Crippen molar-refractivity contribution in [3.63, 3.8) is 0 Å². The summed E-state index contributed by atoms with van der Waals surface area (Å²) in [5.74, 6) is -0.606. The molecule has 8 heteroatoms. The number of amides is 3. The van der Waals surface area contributed by atoms with Crippen molar-refractivity contribution >= 4 is 23.6 Å². The molecule has 3 amide bonds. The van der Waals surface area contributed by atoms with Gasteiger partial charge in [-0.25, -0.2) is 4.79 Å². The topological polar surface area (TPSA) is 101 Å². The number of nitrogens with one attached hydrogen (secondary N) is 2. The van der Waals surface area contributed by atoms with Crippen LogP contribution in [0.2, 0.25) is 0 Å². The molecule has 0 aliphatic carbocycles. The van der Waals surface area contributed by atoms with Crippen LogP contribution in [0, 0.1) is 6.92 Å². The van der Waals surface area contributed by atoms with E-state index in [1.54, 1.807) is 42.6 Å². The molecular weight excluding hydrogens is 432 g/mol. The summed E-state index contributed by atoms with van der Waals surface area (Å²) in [5, 5.41) is 5.64. The van der Waals surface area contributed by atoms with Crippen LogP contribution in [-0.4, -0.2) is 40.4 Å². The van der Waals surface area contributed by atoms with Crippen LogP contribution in [-0.2, 0) is 16.1 Å². The highest BCUT2D eigenvalue weighted by Gasteiger charge is 2.46. The third-order valence-corrected chi connectivity index (χ3v) is 5.57. The maximum Gasteiger partial charge on any atom is 0.411 e. The quantitative estimate of drug-likeness (QED) is 0.560. The van der Waals surface area contributed by atoms with E-state index in [0.717, 1.165) is 11.1 Å². The Morgan fingerprint density at radius 1 is 1.09 bits per heavy atom. The van der Waals surface area contributed by atoms with E-state index in [-0.39, 0.29) is 18.4 Å². The first-order chi connectivity index (χ1) is 16.5. The molecule has 8 nitrogen and oxygen atoms in total. The highest BCUT2D eigenvalue weighted by Crippen LogP contribution is 2.35. The molecule has 2 aromatic carbocycles. The second kappa shape index (κ2) is 10.2. The average molecular weight is 459 g/mol. The number of carbonyl (C=O) groups is 3. The van der Waals surface area contributed by atoms with Crippen LogP contribution < -0.4 is 10.6 Å². The lowest BCUT2D eigenvalue weighted by molar-refractivity contribution is -0.126. The maximum absolute atomic E-state index is 13.0. The minimum Gasteiger partial charge on any atom is -0.438 e. The number of carbonyl (C=O) groups excluding carboxylic acids is 3. The fourth-order valence-corrected chi connectivity index (χ4v) is 3.87. The summed E-state index contributed by atoms with van der Waals surface area (Å²) in [7, 11) is 0. The summed E-state index contributed by atoms with van der Waals surface area (Å²) in [4.78, 5) is 43.8. The number of anilines is 1. The van der Waals surface area contributed by atoms with E-state index >= 15 is 0 Å². The van der Waals surface area contributed by atoms with Gasteiger partial charge in [0.05, 0.1) is 12.1 Å². The van der Waals surface area contributed by atoms with Gasteiger partial charge >= 0.3 is 6.09 Å². The van der Waals surface area contributed by atoms with Gasteiger partial charge in [0.2, 0.25) is 5.91 Å². The van der Waals surface area contributed by atoms with Crippen LogP contribution >= 0.6 is 0 Å². The van der Waals surface area contributed by atoms with Crippen molar-refractivity contribution < 1.29 is 19.1 Å². The molecular formula is C26H26N4O4. The summed E-state index contributed by atoms with van der Waals surface area (Å²) >= 11 is 0. The maximum atomic E-state index is 13.0. The first kappa shape index (κ1) is 23.0. The Bertz CT molecular complexity index is 1180. The zero-order valence-electron chi connectivity index (χ0n) is 19.0. The Kier molecular flexibility index (Phi) is 6.87. The van der Waals surface area contributed by atoms with Crippen molar-refractivity contribution in [2.75, 3.05) is 11.9 Å². The minimum absolute atomic E-state index is 0.245. The van der Waals surface area contributed by atoms with Gasteiger partial charge in [0.25, 0.3) is 5.91 Å². The molecule has 1 aromatic heterocycles. The van der Waals surface area contributed by atoms with Gasteiger partial charge in [0, 0.05) is 24.6 Å². The number of benzene rings is 2. The fourth-order valence-electron chi connectivity index (χ4n) is 3.87. The van der Waals surface area contributed by atoms with E-state index in [9.17, 15) is 14.4 Å². The molecule has 2 N–H and O–H groups in total. The van der Waals surface area contributed by atoms with Crippen molar-refractivity contribution in [1.29, 1.82) is 0 Å². The lowest BCUT2D eigenvalue weighted by Gasteiger charge is -2.24. The second-order valence-electron chi connectivity index (χ2n) is 8.08. The number of rotatable bonds is 7. The zero-order valence-corrected chi connectivity index (χ0v) is 19.0. The van der Waals surface area contributed by atoms with E-state index in [1.165, 1.54) is 11.1 Å². The lowest BCUT2D eigenvalue weighted by atomic mass is 10.00. The van der Waals surface area contributed by atoms with Gasteiger partial charge in [-0.05, 0) is 49.2 Å². The predicted molar refractivity (Wildman–Crippen MR) is 127 cm³/mol. The minimum atomic E-state index is -0.849. The Hall–Kier alpha value is -4.20. The summed E-state index contributed by atoms with van der Waals surface area (Å²) < 4.78 is 5.68. The second-order valence-corrected chi connectivity index (χ2v) is 8.08. The Morgan fingerprint density at radius 2 is 1.88 bits per heavy atom. The molecule has 3 aromatic rings. The molecule has 0 bridgehead atoms. The van der Waals surface area contributed by atoms with Crippen molar-refractivity contribution in [3.05, 3.63) is 95.3 Å². The lowest BCUT2D eigenvalue weighted by Crippen LogP contribution is -2.46. The number of aryl methyl sites for hydroxylation is 1. The van der Waals surface area contributed by atoms with Crippen molar-refractivity contribution in [2.45, 2.75) is 32.5 Å². The molecule has 1 aliphatic rings. The fraction of sp³-hybridized carbons (Fsp3) is 0.231. The summed E-state index contributed by atoms with van der Waals surface area (Å²) in [6, 6.07) is 17.3. The average Bonchev–Trinajstić information content (AvgIpc) is 3.17. The third-order valence-electron chi connectivity index (χ3n) is 5.57. The first-order valence-electron chi connectivity index (χ1n) is 11.1. The van der Waals surface area contributed by atoms with Gasteiger partial charge in [-0.1, -0.05) is 42.0 Å². The highest BCUT2D eigenvalue weighted by molar-refractivity contribution is 6.04. The van der Waals surface area contributed by atoms with Gasteiger partial charge in [0.15, 0.2) is 12.1 Å². The van der Waals surface area contributed by atoms with Gasteiger partial charge in [0.1, 0.15) is 0 Å². The van der Waals surface area contributed by atoms with Crippen molar-refractivity contribution in [3.8, 4) is 0 Å². The molecule has 2 unspecified atom stereocenters. The molecule has 0 saturated carbocycles. The molecule has 2 atom stereocenters. The molecule has 2 heterocycles. The number of nitrogens with zero attached hydrogens (tertiary/aromatic N) is 2. The zero-order chi connectivity index (χ0) is 24.1. The smallest absolute Gasteiger partial charge is 0.411 e. The number of likely N-dealkylation sites (N-methyl/N-ethyl adjacent to an activating group) is 1. The van der Waals surface area contributed by atoms with Crippen LogP contribution in [0.1, 0.15) is 40.1 Å². The largest absolute Gasteiger partial charge is 0.438 e. The number of ether oxygens (including phenoxy) is 1. The number of pyridine rings is 1. The van der Waals surface area contributed by atoms with E-state index < -0.39 is 18.2 Å². The summed E-state index contributed by atoms with van der Waals surface area (Å²) in [6.07, 6.45) is 1.69. The first-order valence-corrected chi connectivity index (χ1v) is 11.1. The SMILES string of the molecule is CCNC(=O)C1C(c2cccc(NC(=O)c3cccnc3)c2)OC(=O)N1Cc1ccc(C)cc1. The molecule has 174 valence electrons. The van der Waals surface area contributed by atoms with Crippen LogP contribution in [0.15, 0.2) is 73.1 Å². The Labute approximate surface area is 198 Å². The normalized spacial score (nSPS) is 17.2. The monoisotopic (exact) mass is 458 g/mol. The van der Waals surface area contributed by atoms with Crippen molar-refractivity contribution in [2.24, 2.45) is 0 Å². The van der Waals surface area contributed by atoms with Crippen LogP contribution in [0.3, 0.4) is 0 Å². The molecule has 1 aliphatic heterocycles. The highest BCUT2D eigenvalue weighted by atomic mass is 16.6. The third kappa shape index (κ3) is 5.06. The Morgan fingerprint density at radius 3 is 2.59 bits per heavy atom. The number of cyclic esters (lactones) is 1. The van der Waals surface area contributed by atoms with Gasteiger partial charge in [-0.15, -0.1) is 0 Å². The predicted octanol–water partition coefficient (Wildman–Crippen LogP) is 3.84.